The highest BCUT2D eigenvalue weighted by Gasteiger charge is 2.12. The first kappa shape index (κ1) is 20.9. The maximum atomic E-state index is 12.8. The Morgan fingerprint density at radius 3 is 2.61 bits per heavy atom. The van der Waals surface area contributed by atoms with Crippen LogP contribution in [0.3, 0.4) is 0 Å². The van der Waals surface area contributed by atoms with E-state index in [0.29, 0.717) is 13.1 Å². The van der Waals surface area contributed by atoms with E-state index < -0.39 is 11.8 Å². The van der Waals surface area contributed by atoms with Crippen molar-refractivity contribution in [2.24, 2.45) is 5.73 Å². The molecule has 0 radical (unpaired) electrons. The Morgan fingerprint density at radius 2 is 1.87 bits per heavy atom. The summed E-state index contributed by atoms with van der Waals surface area (Å²) in [6.45, 7) is 0.350. The van der Waals surface area contributed by atoms with Gasteiger partial charge in [-0.05, 0) is 17.7 Å². The lowest BCUT2D eigenvalue weighted by Crippen LogP contribution is -2.27. The summed E-state index contributed by atoms with van der Waals surface area (Å²) in [6.07, 6.45) is 3.28. The maximum Gasteiger partial charge on any atom is 0.346 e. The number of rotatable bonds is 8. The van der Waals surface area contributed by atoms with Gasteiger partial charge < -0.3 is 5.73 Å². The van der Waals surface area contributed by atoms with Gasteiger partial charge in [0, 0.05) is 33.6 Å². The van der Waals surface area contributed by atoms with Crippen LogP contribution in [-0.4, -0.2) is 30.7 Å². The largest absolute Gasteiger partial charge is 0.346 e. The Hall–Kier alpha value is -3.37. The van der Waals surface area contributed by atoms with Gasteiger partial charge in [0.05, 0.1) is 25.8 Å². The van der Waals surface area contributed by atoms with Crippen LogP contribution < -0.4 is 11.4 Å². The molecule has 31 heavy (non-hydrogen) atoms. The topological polar surface area (TPSA) is 83.7 Å². The Morgan fingerprint density at radius 1 is 1.06 bits per heavy atom. The molecule has 1 aromatic carbocycles. The zero-order valence-electron chi connectivity index (χ0n) is 16.5. The summed E-state index contributed by atoms with van der Waals surface area (Å²) in [7, 11) is 0. The molecule has 0 aliphatic heterocycles. The fourth-order valence-corrected chi connectivity index (χ4v) is 4.09. The van der Waals surface area contributed by atoms with Gasteiger partial charge in [-0.3, -0.25) is 9.25 Å². The first-order chi connectivity index (χ1) is 15.0. The second-order valence-electron chi connectivity index (χ2n) is 6.95. The molecular formula is C21H20F2N6OS. The number of nitrogens with two attached hydrogens (primary N) is 1. The van der Waals surface area contributed by atoms with Crippen molar-refractivity contribution in [2.75, 3.05) is 6.54 Å². The van der Waals surface area contributed by atoms with E-state index >= 15 is 0 Å². The molecule has 160 valence electrons. The SMILES string of the molecule is NCC(Cn1ncn(Cc2ccc(-c3cnn(Cc4ccccc4)c3)s2)c1=O)=C(F)F. The third kappa shape index (κ3) is 4.86. The quantitative estimate of drug-likeness (QED) is 0.454. The minimum atomic E-state index is -1.88. The minimum absolute atomic E-state index is 0.307. The Kier molecular flexibility index (Phi) is 6.19. The van der Waals surface area contributed by atoms with E-state index in [1.54, 1.807) is 11.3 Å². The van der Waals surface area contributed by atoms with Crippen LogP contribution in [0.15, 0.2) is 77.6 Å². The molecule has 7 nitrogen and oxygen atoms in total. The number of nitrogens with zero attached hydrogens (tertiary/aromatic N) is 5. The van der Waals surface area contributed by atoms with E-state index in [0.717, 1.165) is 20.0 Å². The van der Waals surface area contributed by atoms with Crippen molar-refractivity contribution in [2.45, 2.75) is 19.6 Å². The molecule has 0 saturated carbocycles. The van der Waals surface area contributed by atoms with E-state index in [9.17, 15) is 13.6 Å². The van der Waals surface area contributed by atoms with Crippen molar-refractivity contribution in [1.29, 1.82) is 0 Å². The second-order valence-corrected chi connectivity index (χ2v) is 8.11. The number of hydrogen-bond donors (Lipinski definition) is 1. The summed E-state index contributed by atoms with van der Waals surface area (Å²) in [6, 6.07) is 14.0. The molecule has 0 aliphatic rings. The lowest BCUT2D eigenvalue weighted by atomic mass is 10.2. The highest BCUT2D eigenvalue weighted by Crippen LogP contribution is 2.28. The summed E-state index contributed by atoms with van der Waals surface area (Å²) in [5.74, 6) is 0. The lowest BCUT2D eigenvalue weighted by molar-refractivity contribution is 0.400. The maximum absolute atomic E-state index is 12.8. The molecular weight excluding hydrogens is 422 g/mol. The molecule has 0 unspecified atom stereocenters. The zero-order valence-corrected chi connectivity index (χ0v) is 17.3. The van der Waals surface area contributed by atoms with Crippen molar-refractivity contribution in [1.82, 2.24) is 24.1 Å². The van der Waals surface area contributed by atoms with E-state index in [1.165, 1.54) is 16.5 Å². The third-order valence-corrected chi connectivity index (χ3v) is 5.86. The molecule has 3 heterocycles. The van der Waals surface area contributed by atoms with Gasteiger partial charge >= 0.3 is 5.69 Å². The first-order valence-electron chi connectivity index (χ1n) is 9.54. The third-order valence-electron chi connectivity index (χ3n) is 4.74. The molecule has 0 spiro atoms. The van der Waals surface area contributed by atoms with Gasteiger partial charge in [-0.25, -0.2) is 9.48 Å². The van der Waals surface area contributed by atoms with E-state index in [1.807, 2.05) is 47.4 Å². The Balaban J connectivity index is 1.46. The summed E-state index contributed by atoms with van der Waals surface area (Å²) < 4.78 is 29.9. The molecule has 10 heteroatoms. The molecule has 0 atom stereocenters. The molecule has 0 amide bonds. The molecule has 0 bridgehead atoms. The molecule has 4 aromatic rings. The van der Waals surface area contributed by atoms with Crippen LogP contribution in [0.25, 0.3) is 10.4 Å². The monoisotopic (exact) mass is 442 g/mol. The number of aromatic nitrogens is 5. The molecule has 0 fully saturated rings. The van der Waals surface area contributed by atoms with Crippen LogP contribution in [-0.2, 0) is 19.6 Å². The molecule has 4 rings (SSSR count). The van der Waals surface area contributed by atoms with Crippen molar-refractivity contribution >= 4 is 11.3 Å². The average Bonchev–Trinajstić information content (AvgIpc) is 3.49. The fraction of sp³-hybridized carbons (Fsp3) is 0.190. The summed E-state index contributed by atoms with van der Waals surface area (Å²) in [5, 5.41) is 8.35. The van der Waals surface area contributed by atoms with Crippen molar-refractivity contribution < 1.29 is 8.78 Å². The Labute approximate surface area is 180 Å². The number of hydrogen-bond acceptors (Lipinski definition) is 5. The predicted octanol–water partition coefficient (Wildman–Crippen LogP) is 3.18. The van der Waals surface area contributed by atoms with Gasteiger partial charge in [0.25, 0.3) is 6.08 Å². The van der Waals surface area contributed by atoms with Gasteiger partial charge in [-0.2, -0.15) is 19.0 Å². The van der Waals surface area contributed by atoms with Crippen LogP contribution in [0.4, 0.5) is 8.78 Å². The van der Waals surface area contributed by atoms with Gasteiger partial charge in [-0.1, -0.05) is 30.3 Å². The lowest BCUT2D eigenvalue weighted by Gasteiger charge is -2.02. The smallest absolute Gasteiger partial charge is 0.327 e. The first-order valence-corrected chi connectivity index (χ1v) is 10.4. The van der Waals surface area contributed by atoms with Crippen LogP contribution in [0.2, 0.25) is 0 Å². The average molecular weight is 442 g/mol. The van der Waals surface area contributed by atoms with Gasteiger partial charge in [-0.15, -0.1) is 11.3 Å². The van der Waals surface area contributed by atoms with Crippen molar-refractivity contribution in [3.8, 4) is 10.4 Å². The van der Waals surface area contributed by atoms with Crippen LogP contribution in [0, 0.1) is 0 Å². The second kappa shape index (κ2) is 9.19. The summed E-state index contributed by atoms with van der Waals surface area (Å²) >= 11 is 1.54. The van der Waals surface area contributed by atoms with Crippen LogP contribution in [0.1, 0.15) is 10.4 Å². The molecule has 3 aromatic heterocycles. The molecule has 0 aliphatic carbocycles. The van der Waals surface area contributed by atoms with Gasteiger partial charge in [0.1, 0.15) is 6.33 Å². The van der Waals surface area contributed by atoms with Crippen molar-refractivity contribution in [3.05, 3.63) is 93.8 Å². The predicted molar refractivity (Wildman–Crippen MR) is 115 cm³/mol. The zero-order chi connectivity index (χ0) is 21.8. The molecule has 0 saturated heterocycles. The normalized spacial score (nSPS) is 11.1. The number of thiophene rings is 1. The summed E-state index contributed by atoms with van der Waals surface area (Å²) in [4.78, 5) is 14.4. The number of halogens is 2. The van der Waals surface area contributed by atoms with Crippen LogP contribution >= 0.6 is 11.3 Å². The Bertz CT molecular complexity index is 1250. The van der Waals surface area contributed by atoms with Gasteiger partial charge in [0.2, 0.25) is 0 Å². The fourth-order valence-electron chi connectivity index (χ4n) is 3.10. The van der Waals surface area contributed by atoms with Crippen molar-refractivity contribution in [3.63, 3.8) is 0 Å². The van der Waals surface area contributed by atoms with E-state index in [2.05, 4.69) is 22.3 Å². The molecule has 2 N–H and O–H groups in total. The van der Waals surface area contributed by atoms with E-state index in [-0.39, 0.29) is 18.7 Å². The highest BCUT2D eigenvalue weighted by atomic mass is 32.1. The van der Waals surface area contributed by atoms with Crippen LogP contribution in [0.5, 0.6) is 0 Å². The van der Waals surface area contributed by atoms with Gasteiger partial charge in [0.15, 0.2) is 0 Å². The highest BCUT2D eigenvalue weighted by molar-refractivity contribution is 7.15. The standard InChI is InChI=1S/C21H20F2N6OS/c22-20(23)16(8-24)12-29-21(30)27(14-26-29)13-18-6-7-19(31-18)17-9-25-28(11-17)10-15-4-2-1-3-5-15/h1-7,9,11,14H,8,10,12-13,24H2. The number of benzene rings is 1. The van der Waals surface area contributed by atoms with E-state index in [4.69, 9.17) is 5.73 Å². The summed E-state index contributed by atoms with van der Waals surface area (Å²) in [5.41, 5.74) is 6.70. The minimum Gasteiger partial charge on any atom is -0.327 e.